The first-order valence-corrected chi connectivity index (χ1v) is 12.0. The highest BCUT2D eigenvalue weighted by Gasteiger charge is 2.23. The highest BCUT2D eigenvalue weighted by molar-refractivity contribution is 7.18. The maximum atomic E-state index is 13.1. The standard InChI is InChI=1S/C25H28N2O2S/c1-16-7-12-20-22(13-16)30-24-23(20)25(29)27(15-26-24)14-21(28)19-10-8-18(9-11-19)17-5-3-2-4-6-17/h8-11,15-17H,2-7,12-14H2,1H3/t16-/m1/s1. The molecule has 1 saturated carbocycles. The minimum atomic E-state index is -0.0702. The fraction of sp³-hybridized carbons (Fsp3) is 0.480. The minimum absolute atomic E-state index is 0.0360. The average molecular weight is 421 g/mol. The van der Waals surface area contributed by atoms with Gasteiger partial charge in [0, 0.05) is 10.4 Å². The highest BCUT2D eigenvalue weighted by atomic mass is 32.1. The van der Waals surface area contributed by atoms with Gasteiger partial charge in [-0.2, -0.15) is 0 Å². The number of hydrogen-bond acceptors (Lipinski definition) is 4. The lowest BCUT2D eigenvalue weighted by molar-refractivity contribution is 0.0970. The summed E-state index contributed by atoms with van der Waals surface area (Å²) in [5.74, 6) is 1.25. The summed E-state index contributed by atoms with van der Waals surface area (Å²) in [5, 5.41) is 0.741. The number of nitrogens with zero attached hydrogens (tertiary/aromatic N) is 2. The normalized spacial score (nSPS) is 19.7. The Morgan fingerprint density at radius 2 is 1.90 bits per heavy atom. The smallest absolute Gasteiger partial charge is 0.262 e. The summed E-state index contributed by atoms with van der Waals surface area (Å²) < 4.78 is 1.49. The van der Waals surface area contributed by atoms with Gasteiger partial charge in [0.1, 0.15) is 4.83 Å². The van der Waals surface area contributed by atoms with Crippen LogP contribution in [0.5, 0.6) is 0 Å². The van der Waals surface area contributed by atoms with Gasteiger partial charge in [0.2, 0.25) is 0 Å². The Morgan fingerprint density at radius 1 is 1.13 bits per heavy atom. The first-order valence-electron chi connectivity index (χ1n) is 11.2. The summed E-state index contributed by atoms with van der Waals surface area (Å²) in [6.07, 6.45) is 11.1. The number of rotatable bonds is 4. The first kappa shape index (κ1) is 19.7. The van der Waals surface area contributed by atoms with E-state index in [1.165, 1.54) is 52.7 Å². The van der Waals surface area contributed by atoms with Crippen LogP contribution >= 0.6 is 11.3 Å². The summed E-state index contributed by atoms with van der Waals surface area (Å²) in [4.78, 5) is 32.7. The van der Waals surface area contributed by atoms with Gasteiger partial charge >= 0.3 is 0 Å². The van der Waals surface area contributed by atoms with Crippen LogP contribution in [0, 0.1) is 5.92 Å². The summed E-state index contributed by atoms with van der Waals surface area (Å²) in [6, 6.07) is 8.06. The Balaban J connectivity index is 1.38. The third-order valence-electron chi connectivity index (χ3n) is 6.91. The van der Waals surface area contributed by atoms with Crippen LogP contribution < -0.4 is 5.56 Å². The number of aryl methyl sites for hydroxylation is 1. The van der Waals surface area contributed by atoms with Crippen LogP contribution in [-0.4, -0.2) is 15.3 Å². The van der Waals surface area contributed by atoms with E-state index in [-0.39, 0.29) is 17.9 Å². The third-order valence-corrected chi connectivity index (χ3v) is 8.07. The Hall–Kier alpha value is -2.27. The van der Waals surface area contributed by atoms with Crippen LogP contribution in [0.1, 0.15) is 77.7 Å². The van der Waals surface area contributed by atoms with Gasteiger partial charge in [-0.25, -0.2) is 4.98 Å². The molecule has 0 unspecified atom stereocenters. The summed E-state index contributed by atoms with van der Waals surface area (Å²) in [6.45, 7) is 2.31. The summed E-state index contributed by atoms with van der Waals surface area (Å²) in [5.41, 5.74) is 3.11. The molecule has 2 aliphatic rings. The number of hydrogen-bond donors (Lipinski definition) is 0. The number of aromatic nitrogens is 2. The SMILES string of the molecule is C[C@@H]1CCc2c(sc3ncn(CC(=O)c4ccc(C5CCCCC5)cc4)c(=O)c23)C1. The third kappa shape index (κ3) is 3.64. The van der Waals surface area contributed by atoms with Gasteiger partial charge < -0.3 is 0 Å². The lowest BCUT2D eigenvalue weighted by atomic mass is 9.84. The second kappa shape index (κ2) is 8.10. The van der Waals surface area contributed by atoms with Crippen molar-refractivity contribution < 1.29 is 4.79 Å². The number of carbonyl (C=O) groups excluding carboxylic acids is 1. The summed E-state index contributed by atoms with van der Waals surface area (Å²) in [7, 11) is 0. The molecule has 2 heterocycles. The Bertz CT molecular complexity index is 1140. The molecular weight excluding hydrogens is 392 g/mol. The van der Waals surface area contributed by atoms with Crippen molar-refractivity contribution in [3.8, 4) is 0 Å². The van der Waals surface area contributed by atoms with E-state index in [0.29, 0.717) is 17.4 Å². The van der Waals surface area contributed by atoms with Crippen molar-refractivity contribution >= 4 is 27.3 Å². The maximum Gasteiger partial charge on any atom is 0.262 e. The lowest BCUT2D eigenvalue weighted by Gasteiger charge is -2.22. The second-order valence-electron chi connectivity index (χ2n) is 9.09. The molecule has 2 aromatic heterocycles. The molecule has 156 valence electrons. The van der Waals surface area contributed by atoms with Crippen LogP contribution in [0.2, 0.25) is 0 Å². The van der Waals surface area contributed by atoms with Crippen LogP contribution in [0.4, 0.5) is 0 Å². The molecule has 5 heteroatoms. The van der Waals surface area contributed by atoms with E-state index in [2.05, 4.69) is 24.0 Å². The van der Waals surface area contributed by atoms with Crippen molar-refractivity contribution in [1.82, 2.24) is 9.55 Å². The van der Waals surface area contributed by atoms with Crippen molar-refractivity contribution in [3.63, 3.8) is 0 Å². The Labute approximate surface area is 181 Å². The van der Waals surface area contributed by atoms with E-state index < -0.39 is 0 Å². The summed E-state index contributed by atoms with van der Waals surface area (Å²) >= 11 is 1.65. The van der Waals surface area contributed by atoms with Crippen LogP contribution in [0.25, 0.3) is 10.2 Å². The van der Waals surface area contributed by atoms with E-state index in [9.17, 15) is 9.59 Å². The fourth-order valence-electron chi connectivity index (χ4n) is 5.10. The van der Waals surface area contributed by atoms with Gasteiger partial charge in [0.15, 0.2) is 5.78 Å². The van der Waals surface area contributed by atoms with Crippen molar-refractivity contribution in [1.29, 1.82) is 0 Å². The zero-order valence-electron chi connectivity index (χ0n) is 17.5. The fourth-order valence-corrected chi connectivity index (χ4v) is 6.44. The molecule has 2 aliphatic carbocycles. The molecule has 0 radical (unpaired) electrons. The molecule has 0 N–H and O–H groups in total. The number of Topliss-reactive ketones (excluding diaryl/α,β-unsaturated/α-hetero) is 1. The minimum Gasteiger partial charge on any atom is -0.292 e. The van der Waals surface area contributed by atoms with E-state index in [0.717, 1.165) is 29.5 Å². The zero-order valence-corrected chi connectivity index (χ0v) is 18.3. The number of ketones is 1. The van der Waals surface area contributed by atoms with Gasteiger partial charge in [-0.15, -0.1) is 11.3 Å². The Morgan fingerprint density at radius 3 is 2.67 bits per heavy atom. The molecule has 1 fully saturated rings. The molecule has 1 atom stereocenters. The number of fused-ring (bicyclic) bond motifs is 3. The van der Waals surface area contributed by atoms with Crippen LogP contribution in [0.15, 0.2) is 35.4 Å². The monoisotopic (exact) mass is 420 g/mol. The largest absolute Gasteiger partial charge is 0.292 e. The lowest BCUT2D eigenvalue weighted by Crippen LogP contribution is -2.25. The molecule has 5 rings (SSSR count). The molecule has 0 spiro atoms. The van der Waals surface area contributed by atoms with E-state index in [1.54, 1.807) is 17.7 Å². The quantitative estimate of drug-likeness (QED) is 0.523. The van der Waals surface area contributed by atoms with E-state index in [4.69, 9.17) is 0 Å². The predicted molar refractivity (Wildman–Crippen MR) is 122 cm³/mol. The van der Waals surface area contributed by atoms with Crippen molar-refractivity contribution in [2.45, 2.75) is 70.8 Å². The van der Waals surface area contributed by atoms with Gasteiger partial charge in [0.05, 0.1) is 18.3 Å². The molecular formula is C25H28N2O2S. The average Bonchev–Trinajstić information content (AvgIpc) is 3.14. The van der Waals surface area contributed by atoms with Gasteiger partial charge in [-0.1, -0.05) is 50.5 Å². The van der Waals surface area contributed by atoms with Crippen molar-refractivity contribution in [2.75, 3.05) is 0 Å². The van der Waals surface area contributed by atoms with E-state index in [1.807, 2.05) is 12.1 Å². The number of benzene rings is 1. The van der Waals surface area contributed by atoms with Gasteiger partial charge in [-0.05, 0) is 55.1 Å². The molecule has 3 aromatic rings. The molecule has 4 nitrogen and oxygen atoms in total. The molecule has 0 bridgehead atoms. The van der Waals surface area contributed by atoms with E-state index >= 15 is 0 Å². The molecule has 1 aromatic carbocycles. The number of thiophene rings is 1. The molecule has 0 saturated heterocycles. The molecule has 0 amide bonds. The second-order valence-corrected chi connectivity index (χ2v) is 10.2. The molecule has 0 aliphatic heterocycles. The highest BCUT2D eigenvalue weighted by Crippen LogP contribution is 2.35. The first-order chi connectivity index (χ1) is 14.6. The Kier molecular flexibility index (Phi) is 5.32. The van der Waals surface area contributed by atoms with Crippen LogP contribution in [-0.2, 0) is 19.4 Å². The van der Waals surface area contributed by atoms with Gasteiger partial charge in [-0.3, -0.25) is 14.2 Å². The van der Waals surface area contributed by atoms with Crippen LogP contribution in [0.3, 0.4) is 0 Å². The maximum absolute atomic E-state index is 13.1. The van der Waals surface area contributed by atoms with Gasteiger partial charge in [0.25, 0.3) is 5.56 Å². The van der Waals surface area contributed by atoms with Crippen molar-refractivity contribution in [2.24, 2.45) is 5.92 Å². The number of carbonyl (C=O) groups is 1. The van der Waals surface area contributed by atoms with Crippen molar-refractivity contribution in [3.05, 3.63) is 62.5 Å². The zero-order chi connectivity index (χ0) is 20.7. The molecule has 30 heavy (non-hydrogen) atoms. The predicted octanol–water partition coefficient (Wildman–Crippen LogP) is 5.51. The topological polar surface area (TPSA) is 52.0 Å².